The zero-order chi connectivity index (χ0) is 58.3. The summed E-state index contributed by atoms with van der Waals surface area (Å²) in [7, 11) is 4.18. The Balaban J connectivity index is 0.568. The first kappa shape index (κ1) is 67.1. The van der Waals surface area contributed by atoms with Crippen LogP contribution in [0, 0.1) is 92.7 Å². The Hall–Kier alpha value is -0.880. The number of carbonyl (C=O) groups is 2. The molecule has 0 aromatic heterocycles. The maximum atomic E-state index is 13.0. The van der Waals surface area contributed by atoms with Crippen molar-refractivity contribution in [3.8, 4) is 0 Å². The second-order valence-electron chi connectivity index (χ2n) is 32.0. The highest BCUT2D eigenvalue weighted by atomic mass is 33.1. The molecule has 8 aliphatic carbocycles. The summed E-state index contributed by atoms with van der Waals surface area (Å²) in [6.07, 6.45) is 55.9. The molecule has 0 aliphatic heterocycles. The highest BCUT2D eigenvalue weighted by Crippen LogP contribution is 2.70. The zero-order valence-corrected chi connectivity index (χ0v) is 57.0. The molecule has 0 spiro atoms. The molecule has 6 saturated carbocycles. The van der Waals surface area contributed by atoms with Gasteiger partial charge in [0, 0.05) is 24.3 Å². The lowest BCUT2D eigenvalue weighted by Gasteiger charge is -2.59. The largest absolute Gasteiger partial charge is 0.458 e. The molecule has 0 bridgehead atoms. The monoisotopic (exact) mass is 1170 g/mol. The van der Waals surface area contributed by atoms with Crippen LogP contribution in [0.2, 0.25) is 0 Å². The minimum atomic E-state index is 0.00326. The van der Waals surface area contributed by atoms with Crippen LogP contribution in [0.3, 0.4) is 0 Å². The molecule has 0 saturated heterocycles. The van der Waals surface area contributed by atoms with Gasteiger partial charge in [0.25, 0.3) is 0 Å². The normalized spacial score (nSPS) is 35.6. The highest BCUT2D eigenvalue weighted by Gasteiger charge is 2.61. The highest BCUT2D eigenvalue weighted by molar-refractivity contribution is 8.76. The minimum Gasteiger partial charge on any atom is -0.458 e. The third kappa shape index (κ3) is 17.1. The van der Waals surface area contributed by atoms with E-state index in [9.17, 15) is 9.59 Å². The molecule has 0 unspecified atom stereocenters. The van der Waals surface area contributed by atoms with E-state index in [1.807, 2.05) is 0 Å². The van der Waals surface area contributed by atoms with Crippen LogP contribution in [0.15, 0.2) is 23.3 Å². The Morgan fingerprint density at radius 2 is 0.793 bits per heavy atom. The molecule has 0 N–H and O–H groups in total. The molecular formula is C76H130O4S2. The van der Waals surface area contributed by atoms with E-state index < -0.39 is 0 Å². The van der Waals surface area contributed by atoms with Crippen LogP contribution < -0.4 is 0 Å². The van der Waals surface area contributed by atoms with Gasteiger partial charge in [-0.05, 0) is 233 Å². The van der Waals surface area contributed by atoms with Crippen LogP contribution in [-0.2, 0) is 19.1 Å². The van der Waals surface area contributed by atoms with Crippen LogP contribution in [0.25, 0.3) is 0 Å². The topological polar surface area (TPSA) is 52.6 Å². The lowest BCUT2D eigenvalue weighted by Crippen LogP contribution is -2.51. The van der Waals surface area contributed by atoms with Gasteiger partial charge in [-0.25, -0.2) is 0 Å². The molecule has 6 heteroatoms. The molecule has 6 fully saturated rings. The van der Waals surface area contributed by atoms with E-state index in [1.54, 1.807) is 11.1 Å². The molecule has 8 aliphatic rings. The van der Waals surface area contributed by atoms with E-state index in [-0.39, 0.29) is 24.1 Å². The number of carbonyl (C=O) groups excluding carboxylic acids is 2. The molecule has 82 heavy (non-hydrogen) atoms. The van der Waals surface area contributed by atoms with Crippen molar-refractivity contribution in [2.45, 2.75) is 338 Å². The van der Waals surface area contributed by atoms with Crippen molar-refractivity contribution in [3.63, 3.8) is 0 Å². The SMILES string of the molecule is CC(C)CCC[C@@H](C)[C@H]1CC[C@H]2[C@@H]3CCC4=C[C@@H](OC(=O)CCCCCCCCCCSSCCCCCCCCCCC(=O)O[C@@H]5C=C6CC[C@H]7[C@@H]8CC[C@H]([C@H](C)CCCC(C)C)[C@@]8(C)CC[C@@H]7[C@@]6(C)CC5)CC[C@]4(C)[C@H]3CC[C@]12C. The Morgan fingerprint density at radius 3 is 1.17 bits per heavy atom. The van der Waals surface area contributed by atoms with Crippen LogP contribution in [0.5, 0.6) is 0 Å². The fourth-order valence-electron chi connectivity index (χ4n) is 21.2. The van der Waals surface area contributed by atoms with E-state index >= 15 is 0 Å². The van der Waals surface area contributed by atoms with E-state index in [1.165, 1.54) is 217 Å². The average Bonchev–Trinajstić information content (AvgIpc) is 1.66. The second-order valence-corrected chi connectivity index (χ2v) is 34.7. The van der Waals surface area contributed by atoms with Gasteiger partial charge >= 0.3 is 11.9 Å². The summed E-state index contributed by atoms with van der Waals surface area (Å²) in [5, 5.41) is 0. The summed E-state index contributed by atoms with van der Waals surface area (Å²) < 4.78 is 12.3. The van der Waals surface area contributed by atoms with Gasteiger partial charge in [-0.15, -0.1) is 0 Å². The minimum absolute atomic E-state index is 0.00326. The summed E-state index contributed by atoms with van der Waals surface area (Å²) in [6.45, 7) is 25.4. The summed E-state index contributed by atoms with van der Waals surface area (Å²) in [6, 6.07) is 0. The molecule has 4 nitrogen and oxygen atoms in total. The molecule has 8 rings (SSSR count). The van der Waals surface area contributed by atoms with Gasteiger partial charge in [0.05, 0.1) is 0 Å². The molecule has 0 aromatic carbocycles. The third-order valence-electron chi connectivity index (χ3n) is 25.9. The standard InChI is InChI=1S/C76H130O4S2/c1-55(2)29-27-31-57(5)65-39-41-67-63-37-35-59-53-61(43-47-73(59,7)69(63)45-49-75(65,67)9)79-71(77)33-23-19-15-11-13-17-21-25-51-81-82-52-26-22-18-14-12-16-20-24-34-72(78)80-62-44-48-74(8)60(54-62)36-38-64-68-42-40-66(58(6)32-28-30-56(3)4)76(68,10)50-46-70(64)74/h53-58,61-70H,11-52H2,1-10H3/t57-,58-,61+,62+,63+,64+,65-,66-,67+,68+,69+,70+,73+,74+,75-,76-/m1/s1. The van der Waals surface area contributed by atoms with E-state index in [0.717, 1.165) is 110 Å². The van der Waals surface area contributed by atoms with Gasteiger partial charge in [0.15, 0.2) is 0 Å². The van der Waals surface area contributed by atoms with Crippen LogP contribution in [-0.4, -0.2) is 35.7 Å². The van der Waals surface area contributed by atoms with Crippen molar-refractivity contribution in [1.82, 2.24) is 0 Å². The first-order valence-corrected chi connectivity index (χ1v) is 39.0. The van der Waals surface area contributed by atoms with Crippen molar-refractivity contribution < 1.29 is 19.1 Å². The van der Waals surface area contributed by atoms with Gasteiger partial charge in [0.2, 0.25) is 0 Å². The Labute approximate surface area is 515 Å². The number of esters is 2. The average molecular weight is 1170 g/mol. The second kappa shape index (κ2) is 32.0. The Bertz CT molecular complexity index is 1870. The van der Waals surface area contributed by atoms with Crippen molar-refractivity contribution in [2.24, 2.45) is 92.7 Å². The van der Waals surface area contributed by atoms with E-state index in [2.05, 4.69) is 103 Å². The lowest BCUT2D eigenvalue weighted by molar-refractivity contribution is -0.149. The zero-order valence-electron chi connectivity index (χ0n) is 55.4. The quantitative estimate of drug-likeness (QED) is 0.0273. The molecule has 0 radical (unpaired) electrons. The number of rotatable bonds is 35. The van der Waals surface area contributed by atoms with Gasteiger partial charge in [0.1, 0.15) is 12.2 Å². The number of ether oxygens (including phenoxy) is 2. The third-order valence-corrected chi connectivity index (χ3v) is 28.5. The first-order chi connectivity index (χ1) is 39.5. The van der Waals surface area contributed by atoms with Crippen molar-refractivity contribution in [3.05, 3.63) is 23.3 Å². The molecular weight excluding hydrogens is 1040 g/mol. The maximum absolute atomic E-state index is 13.0. The van der Waals surface area contributed by atoms with Crippen molar-refractivity contribution >= 4 is 33.5 Å². The number of fused-ring (bicyclic) bond motifs is 10. The van der Waals surface area contributed by atoms with Gasteiger partial charge in [-0.1, -0.05) is 218 Å². The summed E-state index contributed by atoms with van der Waals surface area (Å²) >= 11 is 0. The predicted octanol–water partition coefficient (Wildman–Crippen LogP) is 23.3. The summed E-state index contributed by atoms with van der Waals surface area (Å²) in [5.41, 5.74) is 5.02. The van der Waals surface area contributed by atoms with Gasteiger partial charge in [-0.2, -0.15) is 0 Å². The van der Waals surface area contributed by atoms with E-state index in [0.29, 0.717) is 34.5 Å². The van der Waals surface area contributed by atoms with E-state index in [4.69, 9.17) is 9.47 Å². The molecule has 0 aromatic rings. The number of hydrogen-bond donors (Lipinski definition) is 0. The fourth-order valence-corrected chi connectivity index (χ4v) is 23.5. The summed E-state index contributed by atoms with van der Waals surface area (Å²) in [5.74, 6) is 13.2. The first-order valence-electron chi connectivity index (χ1n) is 36.5. The molecule has 0 amide bonds. The lowest BCUT2D eigenvalue weighted by atomic mass is 9.46. The van der Waals surface area contributed by atoms with Crippen LogP contribution in [0.1, 0.15) is 326 Å². The Morgan fingerprint density at radius 1 is 0.427 bits per heavy atom. The number of hydrogen-bond acceptors (Lipinski definition) is 6. The number of unbranched alkanes of at least 4 members (excludes halogenated alkanes) is 14. The smallest absolute Gasteiger partial charge is 0.306 e. The van der Waals surface area contributed by atoms with Crippen molar-refractivity contribution in [1.29, 1.82) is 0 Å². The molecule has 470 valence electrons. The molecule has 0 heterocycles. The maximum Gasteiger partial charge on any atom is 0.306 e. The number of allylic oxidation sites excluding steroid dienone is 2. The van der Waals surface area contributed by atoms with Crippen LogP contribution >= 0.6 is 21.6 Å². The summed E-state index contributed by atoms with van der Waals surface area (Å²) in [4.78, 5) is 26.0. The van der Waals surface area contributed by atoms with Gasteiger partial charge in [-0.3, -0.25) is 9.59 Å². The fraction of sp³-hybridized carbons (Fsp3) is 0.921. The van der Waals surface area contributed by atoms with Crippen LogP contribution in [0.4, 0.5) is 0 Å². The van der Waals surface area contributed by atoms with Crippen molar-refractivity contribution in [2.75, 3.05) is 11.5 Å². The Kier molecular flexibility index (Phi) is 26.2. The predicted molar refractivity (Wildman–Crippen MR) is 354 cm³/mol. The molecule has 16 atom stereocenters. The van der Waals surface area contributed by atoms with Gasteiger partial charge < -0.3 is 9.47 Å².